The van der Waals surface area contributed by atoms with Crippen LogP contribution in [0.5, 0.6) is 0 Å². The van der Waals surface area contributed by atoms with Crippen molar-refractivity contribution in [2.75, 3.05) is 13.1 Å². The normalized spacial score (nSPS) is 14.4. The SMILES string of the molecule is O=C(c1ccc(=O)[nH]c1)N1CC(c2nc(-c3cccc(Cl)c3)no2)C1. The van der Waals surface area contributed by atoms with E-state index in [0.717, 1.165) is 5.56 Å². The molecule has 1 amide bonds. The predicted molar refractivity (Wildman–Crippen MR) is 90.5 cm³/mol. The Morgan fingerprint density at radius 2 is 2.12 bits per heavy atom. The summed E-state index contributed by atoms with van der Waals surface area (Å²) in [5.41, 5.74) is 0.989. The Hall–Kier alpha value is -2.93. The fraction of sp³-hybridized carbons (Fsp3) is 0.176. The molecule has 1 saturated heterocycles. The van der Waals surface area contributed by atoms with E-state index >= 15 is 0 Å². The molecule has 1 aliphatic rings. The van der Waals surface area contributed by atoms with Crippen molar-refractivity contribution in [3.63, 3.8) is 0 Å². The molecule has 2 aromatic heterocycles. The second-order valence-electron chi connectivity index (χ2n) is 5.82. The van der Waals surface area contributed by atoms with Crippen LogP contribution in [0.2, 0.25) is 5.02 Å². The van der Waals surface area contributed by atoms with Crippen molar-refractivity contribution in [1.29, 1.82) is 0 Å². The molecule has 1 fully saturated rings. The molecule has 1 N–H and O–H groups in total. The zero-order valence-corrected chi connectivity index (χ0v) is 13.7. The molecule has 0 aliphatic carbocycles. The molecule has 3 heterocycles. The van der Waals surface area contributed by atoms with Gasteiger partial charge in [-0.3, -0.25) is 9.59 Å². The smallest absolute Gasteiger partial charge is 0.255 e. The predicted octanol–water partition coefficient (Wildman–Crippen LogP) is 2.32. The zero-order chi connectivity index (χ0) is 17.4. The van der Waals surface area contributed by atoms with Crippen molar-refractivity contribution >= 4 is 17.5 Å². The Kier molecular flexibility index (Phi) is 3.85. The van der Waals surface area contributed by atoms with Gasteiger partial charge in [0, 0.05) is 35.9 Å². The van der Waals surface area contributed by atoms with Gasteiger partial charge in [-0.15, -0.1) is 0 Å². The Balaban J connectivity index is 1.43. The number of hydrogen-bond donors (Lipinski definition) is 1. The van der Waals surface area contributed by atoms with Gasteiger partial charge in [0.2, 0.25) is 17.3 Å². The van der Waals surface area contributed by atoms with Crippen molar-refractivity contribution in [1.82, 2.24) is 20.0 Å². The van der Waals surface area contributed by atoms with Gasteiger partial charge in [-0.1, -0.05) is 28.9 Å². The number of aromatic amines is 1. The summed E-state index contributed by atoms with van der Waals surface area (Å²) in [6.07, 6.45) is 1.42. The number of likely N-dealkylation sites (tertiary alicyclic amines) is 1. The summed E-state index contributed by atoms with van der Waals surface area (Å²) >= 11 is 5.97. The molecule has 3 aromatic rings. The van der Waals surface area contributed by atoms with E-state index in [1.165, 1.54) is 18.3 Å². The molecule has 8 heteroatoms. The summed E-state index contributed by atoms with van der Waals surface area (Å²) < 4.78 is 5.32. The molecule has 126 valence electrons. The number of pyridine rings is 1. The number of halogens is 1. The van der Waals surface area contributed by atoms with Crippen LogP contribution in [0.3, 0.4) is 0 Å². The first-order valence-corrected chi connectivity index (χ1v) is 8.05. The van der Waals surface area contributed by atoms with Gasteiger partial charge in [-0.2, -0.15) is 4.98 Å². The second-order valence-corrected chi connectivity index (χ2v) is 6.25. The maximum absolute atomic E-state index is 12.3. The van der Waals surface area contributed by atoms with E-state index in [4.69, 9.17) is 16.1 Å². The lowest BCUT2D eigenvalue weighted by Crippen LogP contribution is -2.48. The van der Waals surface area contributed by atoms with Gasteiger partial charge >= 0.3 is 0 Å². The molecular weight excluding hydrogens is 344 g/mol. The van der Waals surface area contributed by atoms with Crippen LogP contribution in [0, 0.1) is 0 Å². The van der Waals surface area contributed by atoms with Crippen LogP contribution in [0.15, 0.2) is 51.9 Å². The third-order valence-electron chi connectivity index (χ3n) is 4.07. The summed E-state index contributed by atoms with van der Waals surface area (Å²) in [6, 6.07) is 10.1. The molecule has 1 aliphatic heterocycles. The van der Waals surface area contributed by atoms with Crippen LogP contribution in [-0.2, 0) is 0 Å². The molecule has 1 aromatic carbocycles. The number of nitrogens with one attached hydrogen (secondary N) is 1. The standard InChI is InChI=1S/C17H13ClN4O3/c18-13-3-1-2-10(6-13)15-20-16(25-21-15)12-8-22(9-12)17(24)11-4-5-14(23)19-7-11/h1-7,12H,8-9H2,(H,19,23). The van der Waals surface area contributed by atoms with Gasteiger partial charge in [0.15, 0.2) is 0 Å². The lowest BCUT2D eigenvalue weighted by molar-refractivity contribution is 0.0568. The Morgan fingerprint density at radius 3 is 2.84 bits per heavy atom. The molecule has 0 unspecified atom stereocenters. The fourth-order valence-corrected chi connectivity index (χ4v) is 2.86. The molecule has 0 spiro atoms. The van der Waals surface area contributed by atoms with Crippen LogP contribution in [0.4, 0.5) is 0 Å². The minimum atomic E-state index is -0.238. The Labute approximate surface area is 147 Å². The number of rotatable bonds is 3. The van der Waals surface area contributed by atoms with Crippen molar-refractivity contribution in [3.05, 3.63) is 69.4 Å². The molecule has 0 radical (unpaired) electrons. The van der Waals surface area contributed by atoms with Crippen molar-refractivity contribution < 1.29 is 9.32 Å². The number of carbonyl (C=O) groups is 1. The van der Waals surface area contributed by atoms with Crippen LogP contribution in [0.1, 0.15) is 22.2 Å². The van der Waals surface area contributed by atoms with Gasteiger partial charge in [-0.05, 0) is 18.2 Å². The van der Waals surface area contributed by atoms with E-state index in [9.17, 15) is 9.59 Å². The summed E-state index contributed by atoms with van der Waals surface area (Å²) in [4.78, 5) is 31.9. The lowest BCUT2D eigenvalue weighted by atomic mass is 9.99. The number of aromatic nitrogens is 3. The quantitative estimate of drug-likeness (QED) is 0.777. The summed E-state index contributed by atoms with van der Waals surface area (Å²) in [7, 11) is 0. The average molecular weight is 357 g/mol. The van der Waals surface area contributed by atoms with Gasteiger partial charge in [0.1, 0.15) is 0 Å². The van der Waals surface area contributed by atoms with E-state index in [1.807, 2.05) is 12.1 Å². The van der Waals surface area contributed by atoms with E-state index in [1.54, 1.807) is 17.0 Å². The van der Waals surface area contributed by atoms with Crippen LogP contribution in [0.25, 0.3) is 11.4 Å². The first-order valence-electron chi connectivity index (χ1n) is 7.68. The molecule has 7 nitrogen and oxygen atoms in total. The largest absolute Gasteiger partial charge is 0.339 e. The molecule has 25 heavy (non-hydrogen) atoms. The molecule has 0 bridgehead atoms. The zero-order valence-electron chi connectivity index (χ0n) is 13.0. The third kappa shape index (κ3) is 3.06. The molecule has 0 saturated carbocycles. The molecule has 0 atom stereocenters. The van der Waals surface area contributed by atoms with Gasteiger partial charge < -0.3 is 14.4 Å². The average Bonchev–Trinajstić information content (AvgIpc) is 3.03. The highest BCUT2D eigenvalue weighted by Crippen LogP contribution is 2.29. The highest BCUT2D eigenvalue weighted by Gasteiger charge is 2.36. The summed E-state index contributed by atoms with van der Waals surface area (Å²) in [5.74, 6) is 0.845. The number of nitrogens with zero attached hydrogens (tertiary/aromatic N) is 3. The van der Waals surface area contributed by atoms with Crippen LogP contribution < -0.4 is 5.56 Å². The maximum Gasteiger partial charge on any atom is 0.255 e. The molecule has 4 rings (SSSR count). The van der Waals surface area contributed by atoms with Crippen LogP contribution >= 0.6 is 11.6 Å². The maximum atomic E-state index is 12.3. The first kappa shape index (κ1) is 15.6. The number of hydrogen-bond acceptors (Lipinski definition) is 5. The highest BCUT2D eigenvalue weighted by molar-refractivity contribution is 6.30. The van der Waals surface area contributed by atoms with E-state index in [0.29, 0.717) is 35.4 Å². The van der Waals surface area contributed by atoms with Crippen molar-refractivity contribution in [3.8, 4) is 11.4 Å². The third-order valence-corrected chi connectivity index (χ3v) is 4.31. The van der Waals surface area contributed by atoms with Crippen molar-refractivity contribution in [2.45, 2.75) is 5.92 Å². The lowest BCUT2D eigenvalue weighted by Gasteiger charge is -2.37. The minimum absolute atomic E-state index is 0.00662. The van der Waals surface area contributed by atoms with Crippen molar-refractivity contribution in [2.24, 2.45) is 0 Å². The fourth-order valence-electron chi connectivity index (χ4n) is 2.67. The number of benzene rings is 1. The monoisotopic (exact) mass is 356 g/mol. The number of amides is 1. The second kappa shape index (κ2) is 6.18. The Morgan fingerprint density at radius 1 is 1.28 bits per heavy atom. The van der Waals surface area contributed by atoms with Gasteiger partial charge in [-0.25, -0.2) is 0 Å². The van der Waals surface area contributed by atoms with Gasteiger partial charge in [0.25, 0.3) is 5.91 Å². The highest BCUT2D eigenvalue weighted by atomic mass is 35.5. The number of carbonyl (C=O) groups excluding carboxylic acids is 1. The van der Waals surface area contributed by atoms with E-state index < -0.39 is 0 Å². The summed E-state index contributed by atoms with van der Waals surface area (Å²) in [6.45, 7) is 0.990. The van der Waals surface area contributed by atoms with E-state index in [-0.39, 0.29) is 17.4 Å². The summed E-state index contributed by atoms with van der Waals surface area (Å²) in [5, 5.41) is 4.58. The Bertz CT molecular complexity index is 971. The van der Waals surface area contributed by atoms with Gasteiger partial charge in [0.05, 0.1) is 11.5 Å². The van der Waals surface area contributed by atoms with Crippen LogP contribution in [-0.4, -0.2) is 39.0 Å². The van der Waals surface area contributed by atoms with E-state index in [2.05, 4.69) is 15.1 Å². The first-order chi connectivity index (χ1) is 12.1. The molecular formula is C17H13ClN4O3. The minimum Gasteiger partial charge on any atom is -0.339 e. The topological polar surface area (TPSA) is 92.1 Å². The number of H-pyrrole nitrogens is 1.